The van der Waals surface area contributed by atoms with Crippen LogP contribution in [0.15, 0.2) is 24.3 Å². The van der Waals surface area contributed by atoms with Gasteiger partial charge in [-0.25, -0.2) is 19.2 Å². The highest BCUT2D eigenvalue weighted by molar-refractivity contribution is 14.1. The molecule has 1 aromatic carbocycles. The Labute approximate surface area is 237 Å². The van der Waals surface area contributed by atoms with Crippen molar-refractivity contribution in [1.29, 1.82) is 0 Å². The number of carboxylic acid groups (broad SMARTS) is 5. The molecule has 1 aromatic rings. The Morgan fingerprint density at radius 3 is 1.56 bits per heavy atom. The first-order valence-electron chi connectivity index (χ1n) is 11.6. The Balaban J connectivity index is 3.36. The summed E-state index contributed by atoms with van der Waals surface area (Å²) in [4.78, 5) is 69.5. The van der Waals surface area contributed by atoms with Crippen molar-refractivity contribution in [2.45, 2.75) is 6.54 Å². The lowest BCUT2D eigenvalue weighted by molar-refractivity contribution is -0.974. The second kappa shape index (κ2) is 15.9. The van der Waals surface area contributed by atoms with Crippen molar-refractivity contribution in [2.75, 3.05) is 68.6 Å². The number of carboxylic acids is 5. The number of alkyl halides is 1. The minimum absolute atomic E-state index is 0.0465. The molecular weight excluding hydrogens is 635 g/mol. The van der Waals surface area contributed by atoms with Gasteiger partial charge < -0.3 is 36.2 Å². The van der Waals surface area contributed by atoms with Gasteiger partial charge in [0.2, 0.25) is 5.91 Å². The Morgan fingerprint density at radius 2 is 1.13 bits per heavy atom. The molecule has 39 heavy (non-hydrogen) atoms. The number of carbonyl (C=O) groups excluding carboxylic acids is 1. The van der Waals surface area contributed by atoms with Gasteiger partial charge in [0.15, 0.2) is 26.2 Å². The van der Waals surface area contributed by atoms with Crippen molar-refractivity contribution in [3.8, 4) is 0 Å². The molecule has 15 nitrogen and oxygen atoms in total. The maximum Gasteiger partial charge on any atom is 0.359 e. The van der Waals surface area contributed by atoms with E-state index in [9.17, 15) is 49.2 Å². The number of carbonyl (C=O) groups is 6. The van der Waals surface area contributed by atoms with Gasteiger partial charge in [-0.2, -0.15) is 0 Å². The standard InChI is InChI=1S/C23H31IN4O11/c24-9-18(29)26-17-3-1-16(2-4-17)11-28(14-22(36)37,15-23(38)39)8-7-27(12-20(32)33,13-21(34)35)6-5-25-10-19(30)31/h1-4,25H,5-15H2,(H4-2,26,29,30,31,32,33,34,35,36,37,38,39)/p+2. The van der Waals surface area contributed by atoms with Crippen LogP contribution in [0.5, 0.6) is 0 Å². The van der Waals surface area contributed by atoms with Crippen molar-refractivity contribution in [3.05, 3.63) is 29.8 Å². The molecule has 0 heterocycles. The molecule has 0 spiro atoms. The van der Waals surface area contributed by atoms with Gasteiger partial charge in [0.1, 0.15) is 19.6 Å². The smallest absolute Gasteiger partial charge is 0.359 e. The maximum atomic E-state index is 11.8. The van der Waals surface area contributed by atoms with Gasteiger partial charge >= 0.3 is 29.8 Å². The fourth-order valence-electron chi connectivity index (χ4n) is 4.25. The SMILES string of the molecule is O=C(O)CNCC[N+](CC[N+](CC(=O)O)(CC(=O)O)Cc1ccc(NC(=O)CI)cc1)(CC(=O)O)CC(=O)O. The van der Waals surface area contributed by atoms with Crippen LogP contribution in [-0.4, -0.2) is 134 Å². The van der Waals surface area contributed by atoms with Gasteiger partial charge in [0, 0.05) is 17.8 Å². The molecule has 0 unspecified atom stereocenters. The van der Waals surface area contributed by atoms with Crippen LogP contribution >= 0.6 is 22.6 Å². The average Bonchev–Trinajstić information content (AvgIpc) is 2.80. The van der Waals surface area contributed by atoms with Gasteiger partial charge in [0.25, 0.3) is 0 Å². The predicted molar refractivity (Wildman–Crippen MR) is 143 cm³/mol. The molecular formula is C23H33IN4O11+2. The molecule has 216 valence electrons. The number of rotatable bonds is 20. The van der Waals surface area contributed by atoms with Gasteiger partial charge in [-0.1, -0.05) is 34.7 Å². The number of nitrogens with zero attached hydrogens (tertiary/aromatic N) is 2. The van der Waals surface area contributed by atoms with E-state index in [2.05, 4.69) is 10.6 Å². The Hall–Kier alpha value is -3.35. The molecule has 0 aliphatic rings. The molecule has 0 aliphatic heterocycles. The van der Waals surface area contributed by atoms with Gasteiger partial charge in [-0.15, -0.1) is 0 Å². The van der Waals surface area contributed by atoms with E-state index in [0.29, 0.717) is 11.3 Å². The fraction of sp³-hybridized carbons (Fsp3) is 0.478. The van der Waals surface area contributed by atoms with Crippen molar-refractivity contribution in [2.24, 2.45) is 0 Å². The lowest BCUT2D eigenvalue weighted by atomic mass is 10.1. The van der Waals surface area contributed by atoms with Crippen LogP contribution in [-0.2, 0) is 35.3 Å². The number of halogens is 1. The lowest BCUT2D eigenvalue weighted by Gasteiger charge is -2.41. The molecule has 16 heteroatoms. The van der Waals surface area contributed by atoms with Gasteiger partial charge in [-0.05, 0) is 12.1 Å². The molecule has 0 fully saturated rings. The predicted octanol–water partition coefficient (Wildman–Crippen LogP) is -0.794. The third-order valence-electron chi connectivity index (χ3n) is 5.85. The molecule has 1 rings (SSSR count). The van der Waals surface area contributed by atoms with Crippen molar-refractivity contribution >= 4 is 64.0 Å². The Bertz CT molecular complexity index is 1020. The zero-order valence-electron chi connectivity index (χ0n) is 21.0. The minimum atomic E-state index is -1.33. The second-order valence-corrected chi connectivity index (χ2v) is 9.93. The molecule has 0 saturated carbocycles. The largest absolute Gasteiger partial charge is 0.480 e. The molecule has 1 amide bonds. The summed E-state index contributed by atoms with van der Waals surface area (Å²) in [7, 11) is 0. The fourth-order valence-corrected chi connectivity index (χ4v) is 4.44. The summed E-state index contributed by atoms with van der Waals surface area (Å²) >= 11 is 1.90. The summed E-state index contributed by atoms with van der Waals surface area (Å²) in [5.74, 6) is -6.65. The number of nitrogens with one attached hydrogen (secondary N) is 2. The van der Waals surface area contributed by atoms with E-state index >= 15 is 0 Å². The average molecular weight is 668 g/mol. The Morgan fingerprint density at radius 1 is 0.667 bits per heavy atom. The van der Waals surface area contributed by atoms with Crippen molar-refractivity contribution in [3.63, 3.8) is 0 Å². The van der Waals surface area contributed by atoms with Crippen LogP contribution in [0.25, 0.3) is 0 Å². The summed E-state index contributed by atoms with van der Waals surface area (Å²) in [6.07, 6.45) is 0. The number of benzene rings is 1. The summed E-state index contributed by atoms with van der Waals surface area (Å²) in [5.41, 5.74) is 1.03. The zero-order chi connectivity index (χ0) is 29.6. The van der Waals surface area contributed by atoms with Crippen molar-refractivity contribution < 1.29 is 63.3 Å². The van der Waals surface area contributed by atoms with E-state index in [0.717, 1.165) is 0 Å². The zero-order valence-corrected chi connectivity index (χ0v) is 23.2. The van der Waals surface area contributed by atoms with Crippen LogP contribution in [0.1, 0.15) is 5.56 Å². The minimum Gasteiger partial charge on any atom is -0.480 e. The molecule has 0 atom stereocenters. The highest BCUT2D eigenvalue weighted by Gasteiger charge is 2.40. The molecule has 0 aromatic heterocycles. The maximum absolute atomic E-state index is 11.8. The van der Waals surface area contributed by atoms with Gasteiger partial charge in [0.05, 0.1) is 17.5 Å². The molecule has 0 aliphatic carbocycles. The summed E-state index contributed by atoms with van der Waals surface area (Å²) < 4.78 is -0.890. The van der Waals surface area contributed by atoms with E-state index in [1.807, 2.05) is 22.6 Å². The molecule has 0 radical (unpaired) electrons. The van der Waals surface area contributed by atoms with Crippen LogP contribution in [0.2, 0.25) is 0 Å². The lowest BCUT2D eigenvalue weighted by Crippen LogP contribution is -2.63. The van der Waals surface area contributed by atoms with E-state index < -0.39 is 71.5 Å². The second-order valence-electron chi connectivity index (χ2n) is 9.17. The van der Waals surface area contributed by atoms with Crippen LogP contribution in [0, 0.1) is 0 Å². The third kappa shape index (κ3) is 13.3. The highest BCUT2D eigenvalue weighted by atomic mass is 127. The topological polar surface area (TPSA) is 228 Å². The van der Waals surface area contributed by atoms with Crippen LogP contribution in [0.4, 0.5) is 5.69 Å². The van der Waals surface area contributed by atoms with E-state index in [1.165, 1.54) is 0 Å². The molecule has 7 N–H and O–H groups in total. The molecule has 0 saturated heterocycles. The first-order valence-corrected chi connectivity index (χ1v) is 13.2. The monoisotopic (exact) mass is 668 g/mol. The van der Waals surface area contributed by atoms with Crippen LogP contribution in [0.3, 0.4) is 0 Å². The quantitative estimate of drug-likeness (QED) is 0.0393. The third-order valence-corrected chi connectivity index (χ3v) is 6.54. The summed E-state index contributed by atoms with van der Waals surface area (Å²) in [6, 6.07) is 6.37. The summed E-state index contributed by atoms with van der Waals surface area (Å²) in [6.45, 7) is -3.70. The van der Waals surface area contributed by atoms with Gasteiger partial charge in [-0.3, -0.25) is 18.6 Å². The number of hydrogen-bond acceptors (Lipinski definition) is 7. The number of hydrogen-bond donors (Lipinski definition) is 7. The number of anilines is 1. The molecule has 0 bridgehead atoms. The highest BCUT2D eigenvalue weighted by Crippen LogP contribution is 2.20. The number of quaternary nitrogens is 2. The van der Waals surface area contributed by atoms with E-state index in [4.69, 9.17) is 5.11 Å². The Kier molecular flexibility index (Phi) is 13.7. The van der Waals surface area contributed by atoms with Crippen LogP contribution < -0.4 is 10.6 Å². The van der Waals surface area contributed by atoms with E-state index in [1.54, 1.807) is 24.3 Å². The van der Waals surface area contributed by atoms with E-state index in [-0.39, 0.29) is 43.1 Å². The first-order chi connectivity index (χ1) is 18.2. The number of aliphatic carboxylic acids is 5. The summed E-state index contributed by atoms with van der Waals surface area (Å²) in [5, 5.41) is 52.4. The normalized spacial score (nSPS) is 11.5. The first kappa shape index (κ1) is 33.7. The number of amides is 1. The van der Waals surface area contributed by atoms with Crippen molar-refractivity contribution in [1.82, 2.24) is 5.32 Å².